The van der Waals surface area contributed by atoms with Crippen LogP contribution in [-0.4, -0.2) is 42.1 Å². The predicted octanol–water partition coefficient (Wildman–Crippen LogP) is 2.10. The van der Waals surface area contributed by atoms with Crippen molar-refractivity contribution in [2.45, 2.75) is 52.2 Å². The molecule has 0 fully saturated rings. The van der Waals surface area contributed by atoms with Crippen molar-refractivity contribution in [2.75, 3.05) is 0 Å². The molecular formula is C19H23F2N7O2. The van der Waals surface area contributed by atoms with Gasteiger partial charge in [-0.15, -0.1) is 0 Å². The Balaban J connectivity index is 1.61. The smallest absolute Gasteiger partial charge is 0.269 e. The lowest BCUT2D eigenvalue weighted by atomic mass is 10.2. The summed E-state index contributed by atoms with van der Waals surface area (Å²) in [6.45, 7) is 4.83. The van der Waals surface area contributed by atoms with Gasteiger partial charge in [-0.3, -0.25) is 14.3 Å². The zero-order valence-corrected chi connectivity index (χ0v) is 16.9. The van der Waals surface area contributed by atoms with Gasteiger partial charge in [-0.25, -0.2) is 18.3 Å². The first-order valence-corrected chi connectivity index (χ1v) is 9.42. The van der Waals surface area contributed by atoms with Crippen molar-refractivity contribution < 1.29 is 18.4 Å². The highest BCUT2D eigenvalue weighted by atomic mass is 19.3. The second-order valence-electron chi connectivity index (χ2n) is 7.36. The molecule has 30 heavy (non-hydrogen) atoms. The Kier molecular flexibility index (Phi) is 6.09. The number of hydrogen-bond acceptors (Lipinski definition) is 5. The van der Waals surface area contributed by atoms with E-state index >= 15 is 0 Å². The lowest BCUT2D eigenvalue weighted by molar-refractivity contribution is -0.127. The Labute approximate surface area is 171 Å². The Morgan fingerprint density at radius 2 is 1.97 bits per heavy atom. The normalized spacial score (nSPS) is 11.8. The van der Waals surface area contributed by atoms with E-state index in [2.05, 4.69) is 25.8 Å². The van der Waals surface area contributed by atoms with Crippen LogP contribution in [0.2, 0.25) is 0 Å². The van der Waals surface area contributed by atoms with Crippen molar-refractivity contribution in [3.05, 3.63) is 47.7 Å². The monoisotopic (exact) mass is 419 g/mol. The van der Waals surface area contributed by atoms with Crippen molar-refractivity contribution in [2.24, 2.45) is 0 Å². The number of amides is 2. The largest absolute Gasteiger partial charge is 0.352 e. The number of halogens is 2. The maximum atomic E-state index is 12.9. The van der Waals surface area contributed by atoms with Crippen LogP contribution in [-0.2, 0) is 17.9 Å². The van der Waals surface area contributed by atoms with Gasteiger partial charge in [0.1, 0.15) is 5.69 Å². The molecule has 0 aliphatic heterocycles. The topological polar surface area (TPSA) is 106 Å². The second kappa shape index (κ2) is 8.56. The Morgan fingerprint density at radius 3 is 2.67 bits per heavy atom. The molecule has 0 spiro atoms. The number of nitrogens with one attached hydrogen (secondary N) is 2. The zero-order valence-electron chi connectivity index (χ0n) is 16.9. The standard InChI is InChI=1S/C19H23F2N7O2/c1-12(2)28-15(4-5-24-28)18(30)23-10-14-11-27-16(26-14)6-13(9-25-27)8-22-17(29)7-19(3,20)21/h4-6,9,11-12H,7-8,10H2,1-3H3,(H,22,29)(H,23,30). The van der Waals surface area contributed by atoms with Gasteiger partial charge in [0.15, 0.2) is 5.65 Å². The first-order valence-electron chi connectivity index (χ1n) is 9.42. The summed E-state index contributed by atoms with van der Waals surface area (Å²) in [6.07, 6.45) is 3.90. The van der Waals surface area contributed by atoms with Crippen LogP contribution < -0.4 is 10.6 Å². The number of hydrogen-bond donors (Lipinski definition) is 2. The molecule has 11 heteroatoms. The summed E-state index contributed by atoms with van der Waals surface area (Å²) in [7, 11) is 0. The summed E-state index contributed by atoms with van der Waals surface area (Å²) < 4.78 is 28.9. The SMILES string of the molecule is CC(C)n1nccc1C(=O)NCc1cn2ncc(CNC(=O)CC(C)(F)F)cc2n1. The number of carbonyl (C=O) groups excluding carboxylic acids is 2. The maximum Gasteiger partial charge on any atom is 0.269 e. The van der Waals surface area contributed by atoms with Crippen molar-refractivity contribution in [3.63, 3.8) is 0 Å². The van der Waals surface area contributed by atoms with Crippen LogP contribution in [0.1, 0.15) is 55.0 Å². The van der Waals surface area contributed by atoms with E-state index in [0.717, 1.165) is 0 Å². The maximum absolute atomic E-state index is 12.9. The fraction of sp³-hybridized carbons (Fsp3) is 0.421. The number of rotatable bonds is 8. The van der Waals surface area contributed by atoms with Crippen LogP contribution >= 0.6 is 0 Å². The molecule has 0 aliphatic carbocycles. The lowest BCUT2D eigenvalue weighted by Crippen LogP contribution is -2.28. The van der Waals surface area contributed by atoms with Crippen LogP contribution in [0.5, 0.6) is 0 Å². The van der Waals surface area contributed by atoms with E-state index < -0.39 is 18.3 Å². The summed E-state index contributed by atoms with van der Waals surface area (Å²) >= 11 is 0. The van der Waals surface area contributed by atoms with E-state index in [0.29, 0.717) is 29.5 Å². The minimum Gasteiger partial charge on any atom is -0.352 e. The molecule has 0 unspecified atom stereocenters. The van der Waals surface area contributed by atoms with E-state index in [-0.39, 0.29) is 25.0 Å². The highest BCUT2D eigenvalue weighted by Gasteiger charge is 2.25. The van der Waals surface area contributed by atoms with Gasteiger partial charge in [-0.2, -0.15) is 10.2 Å². The van der Waals surface area contributed by atoms with Gasteiger partial charge >= 0.3 is 0 Å². The van der Waals surface area contributed by atoms with Crippen LogP contribution in [0.25, 0.3) is 5.65 Å². The third-order valence-corrected chi connectivity index (χ3v) is 4.21. The first kappa shape index (κ1) is 21.3. The molecule has 0 atom stereocenters. The number of carbonyl (C=O) groups is 2. The van der Waals surface area contributed by atoms with Crippen LogP contribution in [0.3, 0.4) is 0 Å². The molecule has 0 radical (unpaired) electrons. The Bertz CT molecular complexity index is 1050. The summed E-state index contributed by atoms with van der Waals surface area (Å²) in [5.74, 6) is -4.06. The highest BCUT2D eigenvalue weighted by Crippen LogP contribution is 2.16. The molecule has 0 saturated carbocycles. The van der Waals surface area contributed by atoms with Gasteiger partial charge in [0.2, 0.25) is 5.91 Å². The summed E-state index contributed by atoms with van der Waals surface area (Å²) in [4.78, 5) is 28.3. The van der Waals surface area contributed by atoms with Crippen molar-refractivity contribution in [1.29, 1.82) is 0 Å². The average Bonchev–Trinajstić information content (AvgIpc) is 3.29. The minimum atomic E-state index is -3.05. The minimum absolute atomic E-state index is 0.0580. The molecule has 3 aromatic heterocycles. The van der Waals surface area contributed by atoms with Crippen LogP contribution in [0.4, 0.5) is 8.78 Å². The molecule has 3 aromatic rings. The average molecular weight is 419 g/mol. The fourth-order valence-corrected chi connectivity index (χ4v) is 2.86. The van der Waals surface area contributed by atoms with E-state index in [1.807, 2.05) is 13.8 Å². The van der Waals surface area contributed by atoms with E-state index in [4.69, 9.17) is 0 Å². The third kappa shape index (κ3) is 5.37. The summed E-state index contributed by atoms with van der Waals surface area (Å²) in [5, 5.41) is 13.6. The molecule has 160 valence electrons. The molecule has 9 nitrogen and oxygen atoms in total. The van der Waals surface area contributed by atoms with Gasteiger partial charge in [0, 0.05) is 18.8 Å². The van der Waals surface area contributed by atoms with Gasteiger partial charge in [-0.1, -0.05) is 0 Å². The van der Waals surface area contributed by atoms with Gasteiger partial charge in [-0.05, 0) is 38.5 Å². The van der Waals surface area contributed by atoms with E-state index in [9.17, 15) is 18.4 Å². The fourth-order valence-electron chi connectivity index (χ4n) is 2.86. The molecule has 0 bridgehead atoms. The molecule has 0 saturated heterocycles. The van der Waals surface area contributed by atoms with E-state index in [1.165, 1.54) is 10.7 Å². The number of imidazole rings is 1. The molecule has 2 N–H and O–H groups in total. The Hall–Kier alpha value is -3.37. The second-order valence-corrected chi connectivity index (χ2v) is 7.36. The molecular weight excluding hydrogens is 396 g/mol. The summed E-state index contributed by atoms with van der Waals surface area (Å²) in [5.41, 5.74) is 2.19. The van der Waals surface area contributed by atoms with Crippen molar-refractivity contribution >= 4 is 17.5 Å². The van der Waals surface area contributed by atoms with Crippen LogP contribution in [0, 0.1) is 0 Å². The molecule has 0 aromatic carbocycles. The molecule has 3 rings (SSSR count). The zero-order chi connectivity index (χ0) is 21.9. The van der Waals surface area contributed by atoms with Crippen molar-refractivity contribution in [3.8, 4) is 0 Å². The van der Waals surface area contributed by atoms with Gasteiger partial charge in [0.05, 0.1) is 31.1 Å². The number of nitrogens with zero attached hydrogens (tertiary/aromatic N) is 5. The third-order valence-electron chi connectivity index (χ3n) is 4.21. The highest BCUT2D eigenvalue weighted by molar-refractivity contribution is 5.92. The Morgan fingerprint density at radius 1 is 1.20 bits per heavy atom. The number of alkyl halides is 2. The van der Waals surface area contributed by atoms with Gasteiger partial charge in [0.25, 0.3) is 11.8 Å². The van der Waals surface area contributed by atoms with Crippen molar-refractivity contribution in [1.82, 2.24) is 35.0 Å². The summed E-state index contributed by atoms with van der Waals surface area (Å²) in [6, 6.07) is 3.40. The quantitative estimate of drug-likeness (QED) is 0.582. The van der Waals surface area contributed by atoms with E-state index in [1.54, 1.807) is 29.2 Å². The van der Waals surface area contributed by atoms with Gasteiger partial charge < -0.3 is 10.6 Å². The molecule has 2 amide bonds. The lowest BCUT2D eigenvalue weighted by Gasteiger charge is -2.10. The predicted molar refractivity (Wildman–Crippen MR) is 104 cm³/mol. The molecule has 0 aliphatic rings. The molecule has 3 heterocycles. The number of fused-ring (bicyclic) bond motifs is 1. The van der Waals surface area contributed by atoms with Crippen LogP contribution in [0.15, 0.2) is 30.7 Å². The first-order chi connectivity index (χ1) is 14.1. The number of aromatic nitrogens is 5.